The van der Waals surface area contributed by atoms with Gasteiger partial charge in [0.25, 0.3) is 0 Å². The number of rotatable bonds is 6. The van der Waals surface area contributed by atoms with Crippen molar-refractivity contribution in [3.8, 4) is 0 Å². The van der Waals surface area contributed by atoms with E-state index in [9.17, 15) is 4.79 Å². The van der Waals surface area contributed by atoms with Crippen LogP contribution in [0.5, 0.6) is 0 Å². The van der Waals surface area contributed by atoms with Crippen molar-refractivity contribution >= 4 is 33.2 Å². The van der Waals surface area contributed by atoms with Crippen molar-refractivity contribution in [1.82, 2.24) is 4.90 Å². The summed E-state index contributed by atoms with van der Waals surface area (Å²) in [5.41, 5.74) is 4.04. The van der Waals surface area contributed by atoms with Crippen LogP contribution in [0.3, 0.4) is 0 Å². The molecule has 25 heavy (non-hydrogen) atoms. The number of nitrogens with zero attached hydrogens (tertiary/aromatic N) is 2. The molecule has 0 N–H and O–H groups in total. The number of amides is 1. The van der Waals surface area contributed by atoms with Crippen LogP contribution in [0.1, 0.15) is 43.2 Å². The molecule has 5 heteroatoms. The Hall–Kier alpha value is -0.810. The van der Waals surface area contributed by atoms with Gasteiger partial charge in [-0.05, 0) is 50.3 Å². The lowest BCUT2D eigenvalue weighted by Crippen LogP contribution is -2.49. The lowest BCUT2D eigenvalue weighted by Gasteiger charge is -2.37. The van der Waals surface area contributed by atoms with Crippen LogP contribution in [-0.4, -0.2) is 48.0 Å². The summed E-state index contributed by atoms with van der Waals surface area (Å²) < 4.78 is 0. The van der Waals surface area contributed by atoms with E-state index >= 15 is 0 Å². The molecule has 1 unspecified atom stereocenters. The molecule has 3 nitrogen and oxygen atoms in total. The van der Waals surface area contributed by atoms with Crippen molar-refractivity contribution in [2.75, 3.05) is 36.8 Å². The maximum absolute atomic E-state index is 12.5. The van der Waals surface area contributed by atoms with Gasteiger partial charge in [-0.3, -0.25) is 4.79 Å². The summed E-state index contributed by atoms with van der Waals surface area (Å²) in [6.07, 6.45) is 5.62. The van der Waals surface area contributed by atoms with Gasteiger partial charge in [0, 0.05) is 49.3 Å². The molecule has 1 amide bonds. The molecular weight excluding hydrogens is 348 g/mol. The molecule has 2 saturated heterocycles. The Bertz CT molecular complexity index is 579. The molecule has 1 aromatic rings. The number of hydrogen-bond acceptors (Lipinski definition) is 4. The maximum Gasteiger partial charge on any atom is 0.222 e. The predicted octanol–water partition coefficient (Wildman–Crippen LogP) is 4.67. The van der Waals surface area contributed by atoms with E-state index in [0.29, 0.717) is 5.91 Å². The fourth-order valence-electron chi connectivity index (χ4n) is 3.65. The minimum absolute atomic E-state index is 0.356. The van der Waals surface area contributed by atoms with Crippen LogP contribution in [0, 0.1) is 13.8 Å². The van der Waals surface area contributed by atoms with Gasteiger partial charge in [0.05, 0.1) is 0 Å². The third-order valence-electron chi connectivity index (χ3n) is 5.44. The number of carbonyl (C=O) groups is 1. The van der Waals surface area contributed by atoms with Gasteiger partial charge in [0.15, 0.2) is 0 Å². The van der Waals surface area contributed by atoms with E-state index in [4.69, 9.17) is 0 Å². The Labute approximate surface area is 160 Å². The summed E-state index contributed by atoms with van der Waals surface area (Å²) in [4.78, 5) is 17.0. The zero-order chi connectivity index (χ0) is 17.6. The second-order valence-corrected chi connectivity index (χ2v) is 9.95. The number of benzene rings is 1. The quantitative estimate of drug-likeness (QED) is 0.530. The predicted molar refractivity (Wildman–Crippen MR) is 112 cm³/mol. The summed E-state index contributed by atoms with van der Waals surface area (Å²) in [6.45, 7) is 7.99. The molecule has 0 spiro atoms. The second kappa shape index (κ2) is 9.22. The van der Waals surface area contributed by atoms with E-state index in [0.717, 1.165) is 44.3 Å². The highest BCUT2D eigenvalue weighted by Gasteiger charge is 2.22. The van der Waals surface area contributed by atoms with Gasteiger partial charge >= 0.3 is 0 Å². The molecule has 2 fully saturated rings. The van der Waals surface area contributed by atoms with Crippen LogP contribution in [0.15, 0.2) is 18.2 Å². The summed E-state index contributed by atoms with van der Waals surface area (Å²) in [5.74, 6) is 1.66. The number of anilines is 1. The largest absolute Gasteiger partial charge is 0.368 e. The smallest absolute Gasteiger partial charge is 0.222 e. The van der Waals surface area contributed by atoms with Crippen molar-refractivity contribution in [2.45, 2.75) is 51.2 Å². The molecule has 138 valence electrons. The summed E-state index contributed by atoms with van der Waals surface area (Å²) in [5, 5.41) is 0.834. The molecule has 1 atom stereocenters. The fraction of sp³-hybridized carbons (Fsp3) is 0.650. The number of aryl methyl sites for hydroxylation is 1. The maximum atomic E-state index is 12.5. The van der Waals surface area contributed by atoms with Gasteiger partial charge in [0.2, 0.25) is 5.91 Å². The molecular formula is C20H30N2OS2. The summed E-state index contributed by atoms with van der Waals surface area (Å²) in [7, 11) is 4.05. The zero-order valence-electron chi connectivity index (χ0n) is 15.5. The highest BCUT2D eigenvalue weighted by Crippen LogP contribution is 2.39. The molecule has 1 aromatic carbocycles. The number of piperazine rings is 1. The van der Waals surface area contributed by atoms with E-state index in [1.807, 2.05) is 21.6 Å². The van der Waals surface area contributed by atoms with Crippen LogP contribution < -0.4 is 4.90 Å². The highest BCUT2D eigenvalue weighted by molar-refractivity contribution is 8.77. The molecule has 0 saturated carbocycles. The molecule has 0 radical (unpaired) electrons. The van der Waals surface area contributed by atoms with Crippen molar-refractivity contribution in [3.05, 3.63) is 29.3 Å². The van der Waals surface area contributed by atoms with Gasteiger partial charge in [-0.15, -0.1) is 0 Å². The van der Waals surface area contributed by atoms with Crippen LogP contribution >= 0.6 is 21.6 Å². The van der Waals surface area contributed by atoms with Crippen LogP contribution in [0.25, 0.3) is 0 Å². The first-order valence-electron chi connectivity index (χ1n) is 9.52. The first-order chi connectivity index (χ1) is 12.1. The highest BCUT2D eigenvalue weighted by atomic mass is 33.1. The average molecular weight is 379 g/mol. The fourth-order valence-corrected chi connectivity index (χ4v) is 6.67. The normalized spacial score (nSPS) is 21.0. The molecule has 3 rings (SSSR count). The third kappa shape index (κ3) is 5.10. The molecule has 2 heterocycles. The van der Waals surface area contributed by atoms with Crippen LogP contribution in [0.2, 0.25) is 0 Å². The van der Waals surface area contributed by atoms with Gasteiger partial charge < -0.3 is 9.80 Å². The number of carbonyl (C=O) groups excluding carboxylic acids is 1. The van der Waals surface area contributed by atoms with Gasteiger partial charge in [-0.2, -0.15) is 0 Å². The third-order valence-corrected chi connectivity index (χ3v) is 8.45. The van der Waals surface area contributed by atoms with Crippen molar-refractivity contribution < 1.29 is 4.79 Å². The molecule has 0 aliphatic carbocycles. The zero-order valence-corrected chi connectivity index (χ0v) is 17.1. The molecule has 0 bridgehead atoms. The van der Waals surface area contributed by atoms with Crippen LogP contribution in [0.4, 0.5) is 5.69 Å². The van der Waals surface area contributed by atoms with Gasteiger partial charge in [-0.25, -0.2) is 0 Å². The van der Waals surface area contributed by atoms with Crippen molar-refractivity contribution in [2.24, 2.45) is 0 Å². The summed E-state index contributed by atoms with van der Waals surface area (Å²) >= 11 is 0. The van der Waals surface area contributed by atoms with Crippen molar-refractivity contribution in [1.29, 1.82) is 0 Å². The molecule has 2 aliphatic rings. The Balaban J connectivity index is 1.39. The van der Waals surface area contributed by atoms with E-state index in [-0.39, 0.29) is 0 Å². The van der Waals surface area contributed by atoms with E-state index in [2.05, 4.69) is 41.8 Å². The Kier molecular flexibility index (Phi) is 7.00. The van der Waals surface area contributed by atoms with Gasteiger partial charge in [-0.1, -0.05) is 40.1 Å². The Morgan fingerprint density at radius 1 is 1.16 bits per heavy atom. The minimum atomic E-state index is 0.356. The monoisotopic (exact) mass is 378 g/mol. The van der Waals surface area contributed by atoms with Gasteiger partial charge in [0.1, 0.15) is 0 Å². The first kappa shape index (κ1) is 19.0. The second-order valence-electron chi connectivity index (χ2n) is 7.16. The lowest BCUT2D eigenvalue weighted by molar-refractivity contribution is -0.131. The van der Waals surface area contributed by atoms with E-state index in [1.54, 1.807) is 0 Å². The first-order valence-corrected chi connectivity index (χ1v) is 11.9. The molecule has 2 aliphatic heterocycles. The lowest BCUT2D eigenvalue weighted by atomic mass is 10.1. The Morgan fingerprint density at radius 3 is 2.68 bits per heavy atom. The topological polar surface area (TPSA) is 23.6 Å². The molecule has 0 aromatic heterocycles. The van der Waals surface area contributed by atoms with E-state index < -0.39 is 0 Å². The summed E-state index contributed by atoms with van der Waals surface area (Å²) in [6, 6.07) is 6.51. The Morgan fingerprint density at radius 2 is 1.96 bits per heavy atom. The van der Waals surface area contributed by atoms with E-state index in [1.165, 1.54) is 41.8 Å². The number of hydrogen-bond donors (Lipinski definition) is 0. The number of unbranched alkanes of at least 4 members (excludes halogenated alkanes) is 1. The average Bonchev–Trinajstić information content (AvgIpc) is 3.14. The SMILES string of the molecule is Cc1cccc(N2CCN(C(=O)CCCCC3CCSS3)CC2)c1C. The van der Waals surface area contributed by atoms with Crippen molar-refractivity contribution in [3.63, 3.8) is 0 Å². The minimum Gasteiger partial charge on any atom is -0.368 e. The van der Waals surface area contributed by atoms with Crippen LogP contribution in [-0.2, 0) is 4.79 Å². The standard InChI is InChI=1S/C20H30N2OS2/c1-16-6-5-8-19(17(16)2)21-11-13-22(14-12-21)20(23)9-4-3-7-18-10-15-24-25-18/h5-6,8,18H,3-4,7,9-15H2,1-2H3.